The van der Waals surface area contributed by atoms with Crippen molar-refractivity contribution < 1.29 is 14.3 Å². The van der Waals surface area contributed by atoms with E-state index in [9.17, 15) is 9.79 Å². The lowest BCUT2D eigenvalue weighted by Gasteiger charge is -2.39. The molecule has 3 aromatic rings. The number of aryl methyl sites for hydroxylation is 2. The van der Waals surface area contributed by atoms with Crippen molar-refractivity contribution in [1.82, 2.24) is 0 Å². The molecule has 0 aliphatic rings. The Morgan fingerprint density at radius 2 is 0.800 bits per heavy atom. The highest BCUT2D eigenvalue weighted by Gasteiger charge is 2.38. The van der Waals surface area contributed by atoms with Gasteiger partial charge in [-0.2, -0.15) is 0 Å². The van der Waals surface area contributed by atoms with Crippen molar-refractivity contribution in [2.24, 2.45) is 0 Å². The third-order valence-corrected chi connectivity index (χ3v) is 13.2. The van der Waals surface area contributed by atoms with Crippen molar-refractivity contribution in [2.45, 2.75) is 184 Å². The van der Waals surface area contributed by atoms with Gasteiger partial charge in [0.15, 0.2) is 0 Å². The normalized spacial score (nSPS) is 13.4. The Bertz CT molecular complexity index is 1610. The second-order valence-electron chi connectivity index (χ2n) is 18.3. The van der Waals surface area contributed by atoms with Gasteiger partial charge in [0.1, 0.15) is 5.75 Å². The second-order valence-corrected chi connectivity index (χ2v) is 19.0. The summed E-state index contributed by atoms with van der Waals surface area (Å²) in [6.45, 7) is 41.7. The topological polar surface area (TPSA) is 49.7 Å². The average Bonchev–Trinajstić information content (AvgIpc) is 3.04. The molecule has 50 heavy (non-hydrogen) atoms. The van der Waals surface area contributed by atoms with Crippen LogP contribution < -0.4 is 4.52 Å². The fourth-order valence-corrected chi connectivity index (χ4v) is 7.69. The molecule has 0 heterocycles. The van der Waals surface area contributed by atoms with Crippen molar-refractivity contribution in [3.05, 3.63) is 74.8 Å². The van der Waals surface area contributed by atoms with Crippen LogP contribution in [0.15, 0.2) is 30.3 Å². The van der Waals surface area contributed by atoms with Gasteiger partial charge in [0, 0.05) is 5.56 Å². The van der Waals surface area contributed by atoms with Crippen molar-refractivity contribution in [2.75, 3.05) is 0 Å². The lowest BCUT2D eigenvalue weighted by molar-refractivity contribution is 0.367. The van der Waals surface area contributed by atoms with E-state index in [-0.39, 0.29) is 27.1 Å². The molecule has 0 aliphatic carbocycles. The zero-order valence-electron chi connectivity index (χ0n) is 35.2. The first-order valence-electron chi connectivity index (χ1n) is 19.2. The molecular weight excluding hydrogens is 631 g/mol. The maximum absolute atomic E-state index is 10.6. The molecular formula is C46H71O3P. The highest BCUT2D eigenvalue weighted by atomic mass is 31.2. The van der Waals surface area contributed by atoms with E-state index < -0.39 is 8.60 Å². The molecule has 0 aliphatic heterocycles. The first kappa shape index (κ1) is 42.2. The Balaban J connectivity index is 2.94. The van der Waals surface area contributed by atoms with Gasteiger partial charge in [0.2, 0.25) is 0 Å². The van der Waals surface area contributed by atoms with E-state index in [2.05, 4.69) is 155 Å². The third-order valence-electron chi connectivity index (χ3n) is 12.8. The minimum atomic E-state index is -2.66. The number of hydrogen-bond donors (Lipinski definition) is 2. The second kappa shape index (κ2) is 15.0. The van der Waals surface area contributed by atoms with Crippen molar-refractivity contribution in [3.63, 3.8) is 0 Å². The van der Waals surface area contributed by atoms with E-state index in [4.69, 9.17) is 4.52 Å². The maximum Gasteiger partial charge on any atom is 0.391 e. The Morgan fingerprint density at radius 1 is 0.480 bits per heavy atom. The van der Waals surface area contributed by atoms with Gasteiger partial charge < -0.3 is 14.3 Å². The molecule has 0 unspecified atom stereocenters. The molecule has 278 valence electrons. The zero-order valence-corrected chi connectivity index (χ0v) is 36.1. The molecule has 0 spiro atoms. The van der Waals surface area contributed by atoms with Crippen LogP contribution >= 0.6 is 8.60 Å². The minimum Gasteiger partial charge on any atom is -0.427 e. The van der Waals surface area contributed by atoms with Crippen LogP contribution in [0.2, 0.25) is 0 Å². The largest absolute Gasteiger partial charge is 0.427 e. The summed E-state index contributed by atoms with van der Waals surface area (Å²) < 4.78 is 6.24. The Morgan fingerprint density at radius 3 is 1.10 bits per heavy atom. The molecule has 0 aromatic heterocycles. The molecule has 2 N–H and O–H groups in total. The molecule has 0 saturated carbocycles. The van der Waals surface area contributed by atoms with E-state index in [1.54, 1.807) is 0 Å². The van der Waals surface area contributed by atoms with Crippen LogP contribution in [-0.2, 0) is 27.1 Å². The van der Waals surface area contributed by atoms with Crippen LogP contribution in [0.5, 0.6) is 5.75 Å². The molecule has 3 rings (SSSR count). The SMILES string of the molecule is CCC(C)(C)c1cc(C)cc(C(C)(C)CC)c1-c1cc(OP(O)O)c(C(C)(C)CC)c(-c2c(C(C)(C)CC)cc(C)cc2C(C)(C)CC)c1C. The smallest absolute Gasteiger partial charge is 0.391 e. The van der Waals surface area contributed by atoms with Crippen LogP contribution in [0, 0.1) is 20.8 Å². The van der Waals surface area contributed by atoms with Gasteiger partial charge >= 0.3 is 8.60 Å². The highest BCUT2D eigenvalue weighted by molar-refractivity contribution is 7.39. The predicted octanol–water partition coefficient (Wildman–Crippen LogP) is 14.0. The van der Waals surface area contributed by atoms with Gasteiger partial charge in [-0.25, -0.2) is 0 Å². The Hall–Kier alpha value is -2.19. The molecule has 0 fully saturated rings. The molecule has 3 aromatic carbocycles. The van der Waals surface area contributed by atoms with Crippen LogP contribution in [0.25, 0.3) is 22.3 Å². The summed E-state index contributed by atoms with van der Waals surface area (Å²) in [5.74, 6) is 0.575. The fourth-order valence-electron chi connectivity index (χ4n) is 7.37. The lowest BCUT2D eigenvalue weighted by atomic mass is 9.65. The first-order valence-corrected chi connectivity index (χ1v) is 20.4. The highest BCUT2D eigenvalue weighted by Crippen LogP contribution is 2.55. The summed E-state index contributed by atoms with van der Waals surface area (Å²) >= 11 is 0. The molecule has 3 nitrogen and oxygen atoms in total. The van der Waals surface area contributed by atoms with Crippen LogP contribution in [-0.4, -0.2) is 9.79 Å². The summed E-state index contributed by atoms with van der Waals surface area (Å²) in [4.78, 5) is 21.2. The lowest BCUT2D eigenvalue weighted by Crippen LogP contribution is -2.26. The summed E-state index contributed by atoms with van der Waals surface area (Å²) in [6.07, 6.45) is 4.83. The van der Waals surface area contributed by atoms with E-state index in [0.29, 0.717) is 5.75 Å². The molecule has 0 amide bonds. The average molecular weight is 703 g/mol. The van der Waals surface area contributed by atoms with Crippen LogP contribution in [0.1, 0.15) is 180 Å². The van der Waals surface area contributed by atoms with Gasteiger partial charge in [-0.05, 0) is 136 Å². The molecule has 4 heteroatoms. The quantitative estimate of drug-likeness (QED) is 0.164. The summed E-state index contributed by atoms with van der Waals surface area (Å²) in [6, 6.07) is 11.8. The van der Waals surface area contributed by atoms with Crippen molar-refractivity contribution in [1.29, 1.82) is 0 Å². The van der Waals surface area contributed by atoms with Gasteiger partial charge in [-0.15, -0.1) is 0 Å². The zero-order chi connectivity index (χ0) is 38.4. The molecule has 0 saturated heterocycles. The number of benzene rings is 3. The Labute approximate surface area is 308 Å². The molecule has 0 bridgehead atoms. The first-order chi connectivity index (χ1) is 22.9. The summed E-state index contributed by atoms with van der Waals surface area (Å²) in [7, 11) is -2.66. The summed E-state index contributed by atoms with van der Waals surface area (Å²) in [5, 5.41) is 0. The maximum atomic E-state index is 10.6. The third kappa shape index (κ3) is 8.06. The summed E-state index contributed by atoms with van der Waals surface area (Å²) in [5.41, 5.74) is 14.3. The van der Waals surface area contributed by atoms with E-state index in [0.717, 1.165) is 43.2 Å². The van der Waals surface area contributed by atoms with Gasteiger partial charge in [-0.3, -0.25) is 0 Å². The predicted molar refractivity (Wildman–Crippen MR) is 220 cm³/mol. The molecule has 0 atom stereocenters. The number of rotatable bonds is 14. The number of hydrogen-bond acceptors (Lipinski definition) is 3. The van der Waals surface area contributed by atoms with Crippen LogP contribution in [0.3, 0.4) is 0 Å². The van der Waals surface area contributed by atoms with E-state index in [1.165, 1.54) is 55.6 Å². The fraction of sp³-hybridized carbons (Fsp3) is 0.609. The van der Waals surface area contributed by atoms with Gasteiger partial charge in [0.05, 0.1) is 0 Å². The minimum absolute atomic E-state index is 0.0932. The van der Waals surface area contributed by atoms with Gasteiger partial charge in [-0.1, -0.05) is 139 Å². The standard InChI is InChI=1S/C46H71O3P/c1-19-42(9,10)33-24-29(6)25-34(43(11,12)20-2)39(33)32-28-37(49-50(47)48)41(46(17,18)23-5)38(31(32)8)40-35(44(13,14)21-3)26-30(7)27-36(40)45(15,16)22-4/h24-28,47-48H,19-23H2,1-18H3. The van der Waals surface area contributed by atoms with Crippen molar-refractivity contribution in [3.8, 4) is 28.0 Å². The monoisotopic (exact) mass is 703 g/mol. The Kier molecular flexibility index (Phi) is 12.7. The van der Waals surface area contributed by atoms with Crippen molar-refractivity contribution >= 4 is 8.60 Å². The van der Waals surface area contributed by atoms with E-state index in [1.807, 2.05) is 0 Å². The van der Waals surface area contributed by atoms with Crippen LogP contribution in [0.4, 0.5) is 0 Å². The molecule has 0 radical (unpaired) electrons. The van der Waals surface area contributed by atoms with Gasteiger partial charge in [0.25, 0.3) is 0 Å². The van der Waals surface area contributed by atoms with E-state index >= 15 is 0 Å².